The second-order valence-electron chi connectivity index (χ2n) is 1.44. The number of hydrogen-bond acceptors (Lipinski definition) is 2. The minimum atomic E-state index is -3.67. The average molecular weight is 140 g/mol. The van der Waals surface area contributed by atoms with Gasteiger partial charge >= 0.3 is 0 Å². The zero-order chi connectivity index (χ0) is 7.21. The minimum Gasteiger partial charge on any atom is -0.286 e. The first-order chi connectivity index (χ1) is 3.41. The number of hydrogen-bond donors (Lipinski definition) is 1. The Hall–Kier alpha value is -0.0900. The molecule has 0 fully saturated rings. The minimum absolute atomic E-state index is 0.715. The van der Waals surface area contributed by atoms with Gasteiger partial charge in [0.15, 0.2) is 0 Å². The molecule has 0 bridgehead atoms. The van der Waals surface area contributed by atoms with Crippen molar-refractivity contribution in [2.24, 2.45) is 0 Å². The molecular weight excluding hydrogens is 128 g/mol. The molecular formula is C4H12O3S. The van der Waals surface area contributed by atoms with E-state index in [1.165, 1.54) is 6.42 Å². The summed E-state index contributed by atoms with van der Waals surface area (Å²) < 4.78 is 25.9. The van der Waals surface area contributed by atoms with E-state index in [1.807, 2.05) is 0 Å². The van der Waals surface area contributed by atoms with Gasteiger partial charge in [0, 0.05) is 0 Å². The van der Waals surface area contributed by atoms with Gasteiger partial charge in [-0.15, -0.1) is 0 Å². The maximum atomic E-state index is 9.19. The van der Waals surface area contributed by atoms with Gasteiger partial charge in [-0.1, -0.05) is 20.3 Å². The van der Waals surface area contributed by atoms with Crippen molar-refractivity contribution in [1.29, 1.82) is 0 Å². The van der Waals surface area contributed by atoms with Crippen LogP contribution in [0.15, 0.2) is 0 Å². The topological polar surface area (TPSA) is 54.4 Å². The molecule has 8 heavy (non-hydrogen) atoms. The Kier molecular flexibility index (Phi) is 6.83. The van der Waals surface area contributed by atoms with Crippen molar-refractivity contribution in [2.45, 2.75) is 20.3 Å². The third-order valence-corrected chi connectivity index (χ3v) is 0. The summed E-state index contributed by atoms with van der Waals surface area (Å²) in [6.07, 6.45) is 1.97. The standard InChI is InChI=1S/C3H8.CH4O3S/c1-3-2;1-5(2,3)4/h3H2,1-2H3;1H3,(H,2,3,4). The predicted octanol–water partition coefficient (Wildman–Crippen LogP) is 0.920. The Morgan fingerprint density at radius 3 is 1.38 bits per heavy atom. The van der Waals surface area contributed by atoms with Crippen LogP contribution in [-0.2, 0) is 10.1 Å². The number of rotatable bonds is 0. The second kappa shape index (κ2) is 5.05. The molecule has 0 rings (SSSR count). The van der Waals surface area contributed by atoms with Crippen molar-refractivity contribution < 1.29 is 13.0 Å². The monoisotopic (exact) mass is 140 g/mol. The van der Waals surface area contributed by atoms with Crippen LogP contribution in [0.4, 0.5) is 0 Å². The fourth-order valence-corrected chi connectivity index (χ4v) is 0. The highest BCUT2D eigenvalue weighted by molar-refractivity contribution is 7.85. The Morgan fingerprint density at radius 1 is 1.38 bits per heavy atom. The molecule has 0 saturated heterocycles. The highest BCUT2D eigenvalue weighted by atomic mass is 32.2. The molecule has 0 radical (unpaired) electrons. The Bertz CT molecular complexity index is 105. The van der Waals surface area contributed by atoms with Gasteiger partial charge in [-0.05, 0) is 0 Å². The maximum absolute atomic E-state index is 9.19. The van der Waals surface area contributed by atoms with Crippen molar-refractivity contribution in [2.75, 3.05) is 6.26 Å². The van der Waals surface area contributed by atoms with Gasteiger partial charge in [-0.2, -0.15) is 8.42 Å². The van der Waals surface area contributed by atoms with Crippen molar-refractivity contribution in [1.82, 2.24) is 0 Å². The van der Waals surface area contributed by atoms with E-state index in [-0.39, 0.29) is 0 Å². The summed E-state index contributed by atoms with van der Waals surface area (Å²) in [7, 11) is -3.67. The Morgan fingerprint density at radius 2 is 1.38 bits per heavy atom. The van der Waals surface area contributed by atoms with E-state index < -0.39 is 10.1 Å². The van der Waals surface area contributed by atoms with E-state index in [0.717, 1.165) is 0 Å². The van der Waals surface area contributed by atoms with Gasteiger partial charge < -0.3 is 0 Å². The molecule has 0 saturated carbocycles. The summed E-state index contributed by atoms with van der Waals surface area (Å²) in [5.74, 6) is 0. The molecule has 0 aromatic rings. The lowest BCUT2D eigenvalue weighted by atomic mass is 10.6. The van der Waals surface area contributed by atoms with E-state index >= 15 is 0 Å². The summed E-state index contributed by atoms with van der Waals surface area (Å²) in [6, 6.07) is 0. The SMILES string of the molecule is CCC.CS(=O)(=O)O. The lowest BCUT2D eigenvalue weighted by molar-refractivity contribution is 0.490. The molecule has 3 nitrogen and oxygen atoms in total. The molecule has 1 N–H and O–H groups in total. The normalized spacial score (nSPS) is 9.50. The zero-order valence-electron chi connectivity index (χ0n) is 5.38. The first-order valence-electron chi connectivity index (χ1n) is 2.34. The van der Waals surface area contributed by atoms with Gasteiger partial charge in [-0.25, -0.2) is 0 Å². The maximum Gasteiger partial charge on any atom is 0.261 e. The molecule has 0 aliphatic carbocycles. The molecule has 0 amide bonds. The smallest absolute Gasteiger partial charge is 0.261 e. The fourth-order valence-electron chi connectivity index (χ4n) is 0. The third kappa shape index (κ3) is 17600. The Labute approximate surface area is 50.5 Å². The van der Waals surface area contributed by atoms with Crippen LogP contribution in [0.5, 0.6) is 0 Å². The quantitative estimate of drug-likeness (QED) is 0.509. The Balaban J connectivity index is 0. The third-order valence-electron chi connectivity index (χ3n) is 0. The van der Waals surface area contributed by atoms with Gasteiger partial charge in [0.1, 0.15) is 0 Å². The van der Waals surface area contributed by atoms with E-state index in [1.54, 1.807) is 0 Å². The summed E-state index contributed by atoms with van der Waals surface area (Å²) in [5, 5.41) is 0. The van der Waals surface area contributed by atoms with Crippen LogP contribution in [0.2, 0.25) is 0 Å². The van der Waals surface area contributed by atoms with Crippen molar-refractivity contribution in [3.63, 3.8) is 0 Å². The van der Waals surface area contributed by atoms with Crippen LogP contribution in [0.3, 0.4) is 0 Å². The zero-order valence-corrected chi connectivity index (χ0v) is 6.20. The molecule has 0 aromatic carbocycles. The lowest BCUT2D eigenvalue weighted by Gasteiger charge is -1.69. The highest BCUT2D eigenvalue weighted by Gasteiger charge is 1.81. The summed E-state index contributed by atoms with van der Waals surface area (Å²) in [6.45, 7) is 4.25. The first kappa shape index (κ1) is 10.8. The van der Waals surface area contributed by atoms with Crippen LogP contribution in [0.1, 0.15) is 20.3 Å². The van der Waals surface area contributed by atoms with Crippen molar-refractivity contribution in [3.05, 3.63) is 0 Å². The lowest BCUT2D eigenvalue weighted by Crippen LogP contribution is -1.88. The molecule has 0 atom stereocenters. The molecule has 0 aromatic heterocycles. The van der Waals surface area contributed by atoms with Gasteiger partial charge in [-0.3, -0.25) is 4.55 Å². The summed E-state index contributed by atoms with van der Waals surface area (Å²) in [5.41, 5.74) is 0. The molecule has 0 unspecified atom stereocenters. The van der Waals surface area contributed by atoms with Gasteiger partial charge in [0.2, 0.25) is 0 Å². The average Bonchev–Trinajstić information content (AvgIpc) is 1.27. The molecule has 52 valence electrons. The van der Waals surface area contributed by atoms with Gasteiger partial charge in [0.05, 0.1) is 6.26 Å². The largest absolute Gasteiger partial charge is 0.286 e. The van der Waals surface area contributed by atoms with E-state index in [2.05, 4.69) is 13.8 Å². The van der Waals surface area contributed by atoms with Crippen LogP contribution in [-0.4, -0.2) is 19.2 Å². The van der Waals surface area contributed by atoms with E-state index in [9.17, 15) is 8.42 Å². The van der Waals surface area contributed by atoms with Crippen LogP contribution in [0.25, 0.3) is 0 Å². The summed E-state index contributed by atoms with van der Waals surface area (Å²) in [4.78, 5) is 0. The highest BCUT2D eigenvalue weighted by Crippen LogP contribution is 1.60. The molecule has 0 aliphatic rings. The molecule has 4 heteroatoms. The predicted molar refractivity (Wildman–Crippen MR) is 33.4 cm³/mol. The molecule has 0 spiro atoms. The molecule has 0 heterocycles. The summed E-state index contributed by atoms with van der Waals surface area (Å²) >= 11 is 0. The first-order valence-corrected chi connectivity index (χ1v) is 4.19. The van der Waals surface area contributed by atoms with Crippen LogP contribution >= 0.6 is 0 Å². The van der Waals surface area contributed by atoms with Crippen molar-refractivity contribution in [3.8, 4) is 0 Å². The van der Waals surface area contributed by atoms with Crippen LogP contribution < -0.4 is 0 Å². The fraction of sp³-hybridized carbons (Fsp3) is 1.00. The van der Waals surface area contributed by atoms with Crippen LogP contribution in [0, 0.1) is 0 Å². The second-order valence-corrected chi connectivity index (χ2v) is 2.91. The van der Waals surface area contributed by atoms with E-state index in [0.29, 0.717) is 6.26 Å². The molecule has 0 aliphatic heterocycles. The van der Waals surface area contributed by atoms with E-state index in [4.69, 9.17) is 4.55 Å². The van der Waals surface area contributed by atoms with Gasteiger partial charge in [0.25, 0.3) is 10.1 Å². The van der Waals surface area contributed by atoms with Crippen molar-refractivity contribution >= 4 is 10.1 Å².